The molecule has 1 heterocycles. The van der Waals surface area contributed by atoms with Gasteiger partial charge in [-0.1, -0.05) is 12.1 Å². The van der Waals surface area contributed by atoms with Gasteiger partial charge in [0.2, 0.25) is 10.0 Å². The van der Waals surface area contributed by atoms with Gasteiger partial charge in [0.1, 0.15) is 10.6 Å². The number of nitrogens with one attached hydrogen (secondary N) is 1. The van der Waals surface area contributed by atoms with Crippen LogP contribution in [0.25, 0.3) is 0 Å². The van der Waals surface area contributed by atoms with E-state index in [1.54, 1.807) is 29.2 Å². The number of rotatable bonds is 7. The molecule has 0 aromatic heterocycles. The van der Waals surface area contributed by atoms with Crippen LogP contribution in [0.4, 0.5) is 0 Å². The fraction of sp³-hybridized carbons (Fsp3) is 0.417. The molecule has 0 radical (unpaired) electrons. The molecule has 0 spiro atoms. The maximum absolute atomic E-state index is 12.8. The Morgan fingerprint density at radius 1 is 1.06 bits per heavy atom. The van der Waals surface area contributed by atoms with Crippen molar-refractivity contribution in [3.8, 4) is 5.75 Å². The molecule has 1 aliphatic heterocycles. The topological polar surface area (TPSA) is 105 Å². The molecule has 1 aliphatic rings. The number of morpholine rings is 1. The molecule has 2 atom stereocenters. The molecule has 1 saturated heterocycles. The van der Waals surface area contributed by atoms with E-state index in [2.05, 4.69) is 5.32 Å². The maximum Gasteiger partial charge on any atom is 0.254 e. The molecule has 2 amide bonds. The van der Waals surface area contributed by atoms with Crippen molar-refractivity contribution in [2.45, 2.75) is 37.5 Å². The summed E-state index contributed by atoms with van der Waals surface area (Å²) in [7, 11) is 0.412. The first-order valence-corrected chi connectivity index (χ1v) is 12.4. The highest BCUT2D eigenvalue weighted by atomic mass is 32.2. The van der Waals surface area contributed by atoms with Crippen LogP contribution < -0.4 is 10.1 Å². The summed E-state index contributed by atoms with van der Waals surface area (Å²) in [4.78, 5) is 27.2. The summed E-state index contributed by atoms with van der Waals surface area (Å²) in [6.07, 6.45) is -0.0123. The molecular formula is C24H31N3O6S. The fourth-order valence-corrected chi connectivity index (χ4v) is 4.87. The predicted molar refractivity (Wildman–Crippen MR) is 127 cm³/mol. The predicted octanol–water partition coefficient (Wildman–Crippen LogP) is 2.12. The standard InChI is InChI=1S/C24H31N3O6S/c1-16-14-27(15-17(2)33-16)24(29)19-8-6-18(7-9-19)13-25-23(28)20-10-11-21(32-5)22(12-20)34(30,31)26(3)4/h6-12,16-17H,13-15H2,1-5H3,(H,25,28). The molecule has 9 nitrogen and oxygen atoms in total. The van der Waals surface area contributed by atoms with Crippen molar-refractivity contribution < 1.29 is 27.5 Å². The summed E-state index contributed by atoms with van der Waals surface area (Å²) >= 11 is 0. The number of carbonyl (C=O) groups is 2. The lowest BCUT2D eigenvalue weighted by Gasteiger charge is -2.35. The van der Waals surface area contributed by atoms with Crippen molar-refractivity contribution in [3.05, 3.63) is 59.2 Å². The van der Waals surface area contributed by atoms with Crippen LogP contribution >= 0.6 is 0 Å². The molecule has 0 aliphatic carbocycles. The fourth-order valence-electron chi connectivity index (χ4n) is 3.79. The minimum absolute atomic E-state index is 0.00614. The highest BCUT2D eigenvalue weighted by Crippen LogP contribution is 2.27. The van der Waals surface area contributed by atoms with Crippen molar-refractivity contribution in [1.82, 2.24) is 14.5 Å². The van der Waals surface area contributed by atoms with E-state index in [-0.39, 0.29) is 40.9 Å². The lowest BCUT2D eigenvalue weighted by molar-refractivity contribution is -0.0586. The summed E-state index contributed by atoms with van der Waals surface area (Å²) in [5.74, 6) is -0.311. The van der Waals surface area contributed by atoms with Crippen molar-refractivity contribution >= 4 is 21.8 Å². The second kappa shape index (κ2) is 10.5. The number of hydrogen-bond donors (Lipinski definition) is 1. The number of ether oxygens (including phenoxy) is 2. The van der Waals surface area contributed by atoms with Crippen LogP contribution in [-0.4, -0.2) is 75.9 Å². The minimum Gasteiger partial charge on any atom is -0.495 e. The van der Waals surface area contributed by atoms with E-state index in [4.69, 9.17) is 9.47 Å². The van der Waals surface area contributed by atoms with Gasteiger partial charge in [-0.15, -0.1) is 0 Å². The molecule has 1 N–H and O–H groups in total. The van der Waals surface area contributed by atoms with E-state index in [0.29, 0.717) is 18.7 Å². The van der Waals surface area contributed by atoms with Crippen LogP contribution in [0.5, 0.6) is 5.75 Å². The highest BCUT2D eigenvalue weighted by molar-refractivity contribution is 7.89. The molecule has 0 saturated carbocycles. The van der Waals surface area contributed by atoms with Crippen molar-refractivity contribution in [2.24, 2.45) is 0 Å². The van der Waals surface area contributed by atoms with Crippen LogP contribution in [-0.2, 0) is 21.3 Å². The molecule has 1 fully saturated rings. The van der Waals surface area contributed by atoms with E-state index in [0.717, 1.165) is 9.87 Å². The maximum atomic E-state index is 12.8. The molecule has 2 aromatic carbocycles. The van der Waals surface area contributed by atoms with Crippen molar-refractivity contribution in [2.75, 3.05) is 34.3 Å². The van der Waals surface area contributed by atoms with E-state index in [9.17, 15) is 18.0 Å². The second-order valence-electron chi connectivity index (χ2n) is 8.50. The molecule has 0 bridgehead atoms. The Kier molecular flexibility index (Phi) is 7.96. The Morgan fingerprint density at radius 3 is 2.21 bits per heavy atom. The summed E-state index contributed by atoms with van der Waals surface area (Å²) in [5.41, 5.74) is 1.58. The number of amides is 2. The van der Waals surface area contributed by atoms with E-state index < -0.39 is 15.9 Å². The first-order valence-electron chi connectivity index (χ1n) is 11.0. The molecule has 184 valence electrons. The van der Waals surface area contributed by atoms with Crippen LogP contribution in [0, 0.1) is 0 Å². The third-order valence-electron chi connectivity index (χ3n) is 5.55. The molecule has 2 aromatic rings. The zero-order valence-electron chi connectivity index (χ0n) is 20.1. The second-order valence-corrected chi connectivity index (χ2v) is 10.6. The van der Waals surface area contributed by atoms with Gasteiger partial charge in [-0.05, 0) is 49.7 Å². The normalized spacial score (nSPS) is 18.6. The number of nitrogens with zero attached hydrogens (tertiary/aromatic N) is 2. The largest absolute Gasteiger partial charge is 0.495 e. The first kappa shape index (κ1) is 25.7. The highest BCUT2D eigenvalue weighted by Gasteiger charge is 2.27. The van der Waals surface area contributed by atoms with Crippen LogP contribution in [0.1, 0.15) is 40.1 Å². The molecule has 3 rings (SSSR count). The molecular weight excluding hydrogens is 458 g/mol. The third-order valence-corrected chi connectivity index (χ3v) is 7.38. The molecule has 2 unspecified atom stereocenters. The monoisotopic (exact) mass is 489 g/mol. The van der Waals surface area contributed by atoms with Crippen LogP contribution in [0.15, 0.2) is 47.4 Å². The Hall–Kier alpha value is -2.95. The van der Waals surface area contributed by atoms with Gasteiger partial charge >= 0.3 is 0 Å². The average molecular weight is 490 g/mol. The Morgan fingerprint density at radius 2 is 1.65 bits per heavy atom. The Labute approximate surface area is 200 Å². The number of benzene rings is 2. The summed E-state index contributed by atoms with van der Waals surface area (Å²) in [5, 5.41) is 2.78. The lowest BCUT2D eigenvalue weighted by Crippen LogP contribution is -2.48. The van der Waals surface area contributed by atoms with Crippen LogP contribution in [0.2, 0.25) is 0 Å². The Balaban J connectivity index is 1.67. The smallest absolute Gasteiger partial charge is 0.254 e. The number of methoxy groups -OCH3 is 1. The number of carbonyl (C=O) groups excluding carboxylic acids is 2. The van der Waals surface area contributed by atoms with Gasteiger partial charge in [0.05, 0.1) is 19.3 Å². The molecule has 34 heavy (non-hydrogen) atoms. The first-order chi connectivity index (χ1) is 16.0. The van der Waals surface area contributed by atoms with Gasteiger partial charge in [-0.2, -0.15) is 0 Å². The van der Waals surface area contributed by atoms with Gasteiger partial charge < -0.3 is 19.7 Å². The van der Waals surface area contributed by atoms with Gasteiger partial charge in [-0.3, -0.25) is 9.59 Å². The van der Waals surface area contributed by atoms with Gasteiger partial charge in [0.15, 0.2) is 0 Å². The zero-order chi connectivity index (χ0) is 25.0. The zero-order valence-corrected chi connectivity index (χ0v) is 20.9. The average Bonchev–Trinajstić information content (AvgIpc) is 2.81. The SMILES string of the molecule is COc1ccc(C(=O)NCc2ccc(C(=O)N3CC(C)OC(C)C3)cc2)cc1S(=O)(=O)N(C)C. The Bertz CT molecular complexity index is 1140. The van der Waals surface area contributed by atoms with E-state index >= 15 is 0 Å². The number of sulfonamides is 1. The minimum atomic E-state index is -3.79. The third kappa shape index (κ3) is 5.75. The summed E-state index contributed by atoms with van der Waals surface area (Å²) < 4.78 is 37.1. The van der Waals surface area contributed by atoms with Crippen molar-refractivity contribution in [1.29, 1.82) is 0 Å². The van der Waals surface area contributed by atoms with Gasteiger partial charge in [-0.25, -0.2) is 12.7 Å². The van der Waals surface area contributed by atoms with E-state index in [1.807, 2.05) is 13.8 Å². The summed E-state index contributed by atoms with van der Waals surface area (Å²) in [6, 6.07) is 11.3. The van der Waals surface area contributed by atoms with E-state index in [1.165, 1.54) is 39.4 Å². The van der Waals surface area contributed by atoms with Gasteiger partial charge in [0, 0.05) is 44.9 Å². The number of hydrogen-bond acceptors (Lipinski definition) is 6. The molecule has 10 heteroatoms. The lowest BCUT2D eigenvalue weighted by atomic mass is 10.1. The summed E-state index contributed by atoms with van der Waals surface area (Å²) in [6.45, 7) is 5.22. The van der Waals surface area contributed by atoms with Gasteiger partial charge in [0.25, 0.3) is 11.8 Å². The quantitative estimate of drug-likeness (QED) is 0.639. The van der Waals surface area contributed by atoms with Crippen molar-refractivity contribution in [3.63, 3.8) is 0 Å². The van der Waals surface area contributed by atoms with Crippen LogP contribution in [0.3, 0.4) is 0 Å².